The van der Waals surface area contributed by atoms with E-state index in [1.807, 2.05) is 48.5 Å². The number of nitrogens with zero attached hydrogens (tertiary/aromatic N) is 1. The zero-order valence-corrected chi connectivity index (χ0v) is 31.3. The van der Waals surface area contributed by atoms with Crippen LogP contribution in [0.1, 0.15) is 29.9 Å². The standard InChI is InChI=1S/C38H53N3O14/c1-48-37(46)11-15-50-19-23-54-25-21-52-17-13-40-35(43)27-41(26-34(42)39-12-16-51-20-24-53-22-18-49-14-10-36(44)45)38(47)55-28-33-31-8-4-2-6-29(31)30-7-3-5-9-32(30)33/h2-9,33H,10-28H2,1H3,(H,39,42)(H,40,43)(H,44,45). The average Bonchev–Trinajstić information content (AvgIpc) is 3.50. The van der Waals surface area contributed by atoms with Gasteiger partial charge in [0, 0.05) is 19.0 Å². The van der Waals surface area contributed by atoms with E-state index in [2.05, 4.69) is 15.4 Å². The molecule has 0 unspecified atom stereocenters. The average molecular weight is 776 g/mol. The molecule has 0 spiro atoms. The second-order valence-corrected chi connectivity index (χ2v) is 12.0. The van der Waals surface area contributed by atoms with Crippen LogP contribution < -0.4 is 10.6 Å². The van der Waals surface area contributed by atoms with E-state index in [-0.39, 0.29) is 97.3 Å². The van der Waals surface area contributed by atoms with Gasteiger partial charge in [-0.2, -0.15) is 0 Å². The van der Waals surface area contributed by atoms with E-state index in [0.717, 1.165) is 27.2 Å². The Bertz CT molecular complexity index is 1430. The third kappa shape index (κ3) is 18.0. The zero-order valence-electron chi connectivity index (χ0n) is 31.3. The minimum absolute atomic E-state index is 0.0203. The third-order valence-electron chi connectivity index (χ3n) is 8.03. The number of rotatable bonds is 30. The first kappa shape index (κ1) is 44.7. The van der Waals surface area contributed by atoms with Crippen LogP contribution in [0.5, 0.6) is 0 Å². The number of benzene rings is 2. The maximum atomic E-state index is 13.4. The van der Waals surface area contributed by atoms with Crippen LogP contribution in [-0.4, -0.2) is 159 Å². The lowest BCUT2D eigenvalue weighted by atomic mass is 9.98. The molecule has 0 bridgehead atoms. The molecule has 17 heteroatoms. The molecule has 3 rings (SSSR count). The van der Waals surface area contributed by atoms with Gasteiger partial charge in [0.25, 0.3) is 0 Å². The number of methoxy groups -OCH3 is 1. The molecule has 1 aliphatic rings. The van der Waals surface area contributed by atoms with E-state index >= 15 is 0 Å². The molecule has 0 aliphatic heterocycles. The van der Waals surface area contributed by atoms with Crippen molar-refractivity contribution < 1.29 is 67.0 Å². The number of aliphatic carboxylic acids is 1. The predicted molar refractivity (Wildman–Crippen MR) is 196 cm³/mol. The van der Waals surface area contributed by atoms with Crippen LogP contribution in [0.3, 0.4) is 0 Å². The lowest BCUT2D eigenvalue weighted by Gasteiger charge is -2.23. The second-order valence-electron chi connectivity index (χ2n) is 12.0. The molecule has 304 valence electrons. The Balaban J connectivity index is 1.39. The smallest absolute Gasteiger partial charge is 0.410 e. The summed E-state index contributed by atoms with van der Waals surface area (Å²) in [5, 5.41) is 14.0. The fraction of sp³-hybridized carbons (Fsp3) is 0.553. The predicted octanol–water partition coefficient (Wildman–Crippen LogP) is 1.61. The Kier molecular flexibility index (Phi) is 22.0. The third-order valence-corrected chi connectivity index (χ3v) is 8.03. The highest BCUT2D eigenvalue weighted by atomic mass is 16.6. The molecule has 0 fully saturated rings. The lowest BCUT2D eigenvalue weighted by molar-refractivity contribution is -0.142. The molecule has 0 aromatic heterocycles. The second kappa shape index (κ2) is 27.0. The van der Waals surface area contributed by atoms with Gasteiger partial charge in [0.2, 0.25) is 11.8 Å². The van der Waals surface area contributed by atoms with E-state index in [4.69, 9.17) is 38.3 Å². The normalized spacial score (nSPS) is 11.7. The van der Waals surface area contributed by atoms with Gasteiger partial charge in [0.15, 0.2) is 0 Å². The van der Waals surface area contributed by atoms with Crippen LogP contribution in [-0.2, 0) is 57.1 Å². The Labute approximate surface area is 320 Å². The fourth-order valence-corrected chi connectivity index (χ4v) is 5.35. The van der Waals surface area contributed by atoms with Crippen molar-refractivity contribution in [3.05, 3.63) is 59.7 Å². The molecule has 3 amide bonds. The first-order valence-electron chi connectivity index (χ1n) is 18.2. The van der Waals surface area contributed by atoms with Crippen LogP contribution >= 0.6 is 0 Å². The minimum atomic E-state index is -0.927. The molecule has 2 aromatic rings. The van der Waals surface area contributed by atoms with Crippen molar-refractivity contribution in [1.82, 2.24) is 15.5 Å². The molecular weight excluding hydrogens is 722 g/mol. The van der Waals surface area contributed by atoms with Crippen LogP contribution in [0.15, 0.2) is 48.5 Å². The minimum Gasteiger partial charge on any atom is -0.481 e. The number of carbonyl (C=O) groups excluding carboxylic acids is 4. The molecular formula is C38H53N3O14. The van der Waals surface area contributed by atoms with Gasteiger partial charge >= 0.3 is 18.0 Å². The molecule has 55 heavy (non-hydrogen) atoms. The number of carboxylic acids is 1. The van der Waals surface area contributed by atoms with Gasteiger partial charge in [-0.15, -0.1) is 0 Å². The molecule has 17 nitrogen and oxygen atoms in total. The summed E-state index contributed by atoms with van der Waals surface area (Å²) in [4.78, 5) is 61.7. The first-order valence-corrected chi connectivity index (χ1v) is 18.2. The monoisotopic (exact) mass is 775 g/mol. The van der Waals surface area contributed by atoms with Crippen molar-refractivity contribution in [2.24, 2.45) is 0 Å². The van der Waals surface area contributed by atoms with E-state index < -0.39 is 37.0 Å². The Morgan fingerprint density at radius 3 is 1.47 bits per heavy atom. The summed E-state index contributed by atoms with van der Waals surface area (Å²) in [5.41, 5.74) is 4.20. The van der Waals surface area contributed by atoms with Crippen molar-refractivity contribution in [1.29, 1.82) is 0 Å². The highest BCUT2D eigenvalue weighted by Gasteiger charge is 2.30. The maximum absolute atomic E-state index is 13.4. The maximum Gasteiger partial charge on any atom is 0.410 e. The van der Waals surface area contributed by atoms with Crippen molar-refractivity contribution in [3.63, 3.8) is 0 Å². The quantitative estimate of drug-likeness (QED) is 0.0762. The van der Waals surface area contributed by atoms with Crippen molar-refractivity contribution in [2.75, 3.05) is 119 Å². The largest absolute Gasteiger partial charge is 0.481 e. The molecule has 0 heterocycles. The molecule has 0 saturated carbocycles. The number of hydrogen-bond acceptors (Lipinski definition) is 13. The summed E-state index contributed by atoms with van der Waals surface area (Å²) >= 11 is 0. The number of amides is 3. The van der Waals surface area contributed by atoms with E-state index in [1.54, 1.807) is 0 Å². The summed E-state index contributed by atoms with van der Waals surface area (Å²) in [6.45, 7) is 2.62. The SMILES string of the molecule is COC(=O)CCOCCOCCOCCNC(=O)CN(CC(=O)NCCOCCOCCOCCC(=O)O)C(=O)OCC1c2ccccc2-c2ccccc21. The summed E-state index contributed by atoms with van der Waals surface area (Å²) < 4.78 is 42.4. The summed E-state index contributed by atoms with van der Waals surface area (Å²) in [6, 6.07) is 15.8. The van der Waals surface area contributed by atoms with Crippen LogP contribution in [0.2, 0.25) is 0 Å². The van der Waals surface area contributed by atoms with E-state index in [9.17, 15) is 24.0 Å². The van der Waals surface area contributed by atoms with Crippen LogP contribution in [0, 0.1) is 0 Å². The molecule has 1 aliphatic carbocycles. The summed E-state index contributed by atoms with van der Waals surface area (Å²) in [5.74, 6) is -2.47. The number of carbonyl (C=O) groups is 5. The summed E-state index contributed by atoms with van der Waals surface area (Å²) in [6.07, 6.45) is -0.704. The fourth-order valence-electron chi connectivity index (χ4n) is 5.35. The van der Waals surface area contributed by atoms with Crippen molar-refractivity contribution in [2.45, 2.75) is 18.8 Å². The lowest BCUT2D eigenvalue weighted by Crippen LogP contribution is -2.47. The van der Waals surface area contributed by atoms with Gasteiger partial charge in [0.05, 0.1) is 99.2 Å². The summed E-state index contributed by atoms with van der Waals surface area (Å²) in [7, 11) is 1.32. The van der Waals surface area contributed by atoms with E-state index in [1.165, 1.54) is 7.11 Å². The van der Waals surface area contributed by atoms with Gasteiger partial charge < -0.3 is 53.6 Å². The molecule has 0 saturated heterocycles. The van der Waals surface area contributed by atoms with Gasteiger partial charge in [-0.1, -0.05) is 48.5 Å². The van der Waals surface area contributed by atoms with Gasteiger partial charge in [-0.05, 0) is 22.3 Å². The number of esters is 1. The first-order chi connectivity index (χ1) is 26.8. The molecule has 0 atom stereocenters. The van der Waals surface area contributed by atoms with Gasteiger partial charge in [-0.25, -0.2) is 4.79 Å². The molecule has 2 aromatic carbocycles. The Morgan fingerprint density at radius 1 is 0.600 bits per heavy atom. The van der Waals surface area contributed by atoms with Crippen LogP contribution in [0.25, 0.3) is 11.1 Å². The molecule has 0 radical (unpaired) electrons. The number of nitrogens with one attached hydrogen (secondary N) is 2. The number of carboxylic acid groups (broad SMARTS) is 1. The van der Waals surface area contributed by atoms with E-state index in [0.29, 0.717) is 26.4 Å². The Morgan fingerprint density at radius 2 is 1.02 bits per heavy atom. The zero-order chi connectivity index (χ0) is 39.5. The Hall–Kier alpha value is -4.65. The highest BCUT2D eigenvalue weighted by Crippen LogP contribution is 2.44. The highest BCUT2D eigenvalue weighted by molar-refractivity contribution is 5.87. The van der Waals surface area contributed by atoms with Crippen molar-refractivity contribution >= 4 is 29.8 Å². The van der Waals surface area contributed by atoms with Gasteiger partial charge in [0.1, 0.15) is 19.7 Å². The number of fused-ring (bicyclic) bond motifs is 3. The number of ether oxygens (including phenoxy) is 8. The number of hydrogen-bond donors (Lipinski definition) is 3. The van der Waals surface area contributed by atoms with Gasteiger partial charge in [-0.3, -0.25) is 24.1 Å². The molecule has 3 N–H and O–H groups in total. The topological polar surface area (TPSA) is 207 Å². The van der Waals surface area contributed by atoms with Crippen molar-refractivity contribution in [3.8, 4) is 11.1 Å². The van der Waals surface area contributed by atoms with Crippen LogP contribution in [0.4, 0.5) is 4.79 Å².